The smallest absolute Gasteiger partial charge is 0.340 e. The molecule has 138 valence electrons. The molecule has 3 N–H and O–H groups in total. The number of carbonyl (C=O) groups is 1. The highest BCUT2D eigenvalue weighted by Crippen LogP contribution is 2.36. The van der Waals surface area contributed by atoms with Crippen LogP contribution in [-0.4, -0.2) is 50.4 Å². The number of carbonyl (C=O) groups excluding carboxylic acids is 1. The average molecular weight is 349 g/mol. The molecular weight excluding hydrogens is 318 g/mol. The molecule has 0 spiro atoms. The van der Waals surface area contributed by atoms with Crippen molar-refractivity contribution in [2.24, 2.45) is 7.05 Å². The van der Waals surface area contributed by atoms with Gasteiger partial charge in [-0.3, -0.25) is 0 Å². The fourth-order valence-corrected chi connectivity index (χ4v) is 3.34. The molecule has 0 bridgehead atoms. The fraction of sp³-hybridized carbons (Fsp3) is 0.526. The first kappa shape index (κ1) is 19.3. The number of aryl methyl sites for hydroxylation is 1. The number of esters is 1. The Morgan fingerprint density at radius 3 is 2.32 bits per heavy atom. The Balaban J connectivity index is 2.85. The summed E-state index contributed by atoms with van der Waals surface area (Å²) in [5.74, 6) is -0.0305. The minimum absolute atomic E-state index is 0.297. The zero-order valence-corrected chi connectivity index (χ0v) is 16.4. The van der Waals surface area contributed by atoms with E-state index in [1.165, 1.54) is 9.80 Å². The number of rotatable bonds is 6. The van der Waals surface area contributed by atoms with Crippen molar-refractivity contribution < 1.29 is 24.4 Å². The second-order valence-corrected chi connectivity index (χ2v) is 7.26. The lowest BCUT2D eigenvalue weighted by Crippen LogP contribution is -3.04. The van der Waals surface area contributed by atoms with Crippen molar-refractivity contribution in [2.75, 3.05) is 34.8 Å². The van der Waals surface area contributed by atoms with Gasteiger partial charge in [-0.1, -0.05) is 0 Å². The molecule has 1 aromatic heterocycles. The number of phenolic OH excluding ortho intramolecular Hbond substituents is 1. The van der Waals surface area contributed by atoms with Gasteiger partial charge in [0, 0.05) is 18.1 Å². The van der Waals surface area contributed by atoms with Gasteiger partial charge in [-0.15, -0.1) is 0 Å². The SMILES string of the molecule is CCOC(=O)c1c(C)n(C)c2cc(C[NH+](C)C)c(O)c(C[NH+](C)C)c12. The summed E-state index contributed by atoms with van der Waals surface area (Å²) in [6, 6.07) is 2.00. The first-order valence-corrected chi connectivity index (χ1v) is 8.76. The Morgan fingerprint density at radius 1 is 1.20 bits per heavy atom. The summed E-state index contributed by atoms with van der Waals surface area (Å²) in [6.45, 7) is 5.41. The lowest BCUT2D eigenvalue weighted by Gasteiger charge is -2.16. The third kappa shape index (κ3) is 3.65. The van der Waals surface area contributed by atoms with Crippen LogP contribution in [0.25, 0.3) is 10.9 Å². The van der Waals surface area contributed by atoms with Crippen molar-refractivity contribution in [3.05, 3.63) is 28.5 Å². The van der Waals surface area contributed by atoms with Gasteiger partial charge in [0.1, 0.15) is 18.8 Å². The molecule has 0 aliphatic carbocycles. The molecule has 0 amide bonds. The number of phenols is 1. The number of quaternary nitrogens is 2. The number of hydrogen-bond donors (Lipinski definition) is 3. The molecule has 0 saturated carbocycles. The summed E-state index contributed by atoms with van der Waals surface area (Å²) < 4.78 is 7.30. The molecule has 2 rings (SSSR count). The van der Waals surface area contributed by atoms with E-state index in [1.807, 2.05) is 38.7 Å². The van der Waals surface area contributed by atoms with Crippen LogP contribution in [0.1, 0.15) is 34.1 Å². The average Bonchev–Trinajstić information content (AvgIpc) is 2.75. The Bertz CT molecular complexity index is 791. The number of ether oxygens (including phenoxy) is 1. The molecular formula is C19H31N3O3+2. The molecule has 0 fully saturated rings. The van der Waals surface area contributed by atoms with Gasteiger partial charge in [-0.2, -0.15) is 0 Å². The number of hydrogen-bond acceptors (Lipinski definition) is 3. The van der Waals surface area contributed by atoms with E-state index in [4.69, 9.17) is 4.74 Å². The summed E-state index contributed by atoms with van der Waals surface area (Å²) in [5.41, 5.74) is 4.11. The molecule has 0 aliphatic rings. The van der Waals surface area contributed by atoms with Crippen LogP contribution in [-0.2, 0) is 24.9 Å². The molecule has 6 heteroatoms. The summed E-state index contributed by atoms with van der Waals surface area (Å²) >= 11 is 0. The molecule has 1 aromatic carbocycles. The summed E-state index contributed by atoms with van der Waals surface area (Å²) in [6.07, 6.45) is 0. The van der Waals surface area contributed by atoms with Crippen molar-refractivity contribution in [3.8, 4) is 5.75 Å². The summed E-state index contributed by atoms with van der Waals surface area (Å²) in [5, 5.41) is 11.7. The van der Waals surface area contributed by atoms with Gasteiger partial charge in [-0.25, -0.2) is 4.79 Å². The minimum atomic E-state index is -0.328. The van der Waals surface area contributed by atoms with Gasteiger partial charge in [-0.05, 0) is 19.9 Å². The van der Waals surface area contributed by atoms with E-state index in [0.29, 0.717) is 24.5 Å². The first-order chi connectivity index (χ1) is 11.7. The molecule has 2 aromatic rings. The van der Waals surface area contributed by atoms with Crippen LogP contribution in [0.2, 0.25) is 0 Å². The van der Waals surface area contributed by atoms with Gasteiger partial charge in [0.2, 0.25) is 0 Å². The van der Waals surface area contributed by atoms with Crippen molar-refractivity contribution in [3.63, 3.8) is 0 Å². The molecule has 0 radical (unpaired) electrons. The second-order valence-electron chi connectivity index (χ2n) is 7.26. The largest absolute Gasteiger partial charge is 0.507 e. The monoisotopic (exact) mass is 349 g/mol. The van der Waals surface area contributed by atoms with Crippen LogP contribution in [0.3, 0.4) is 0 Å². The Labute approximate surface area is 149 Å². The lowest BCUT2D eigenvalue weighted by molar-refractivity contribution is -0.873. The van der Waals surface area contributed by atoms with Gasteiger partial charge in [0.15, 0.2) is 0 Å². The maximum Gasteiger partial charge on any atom is 0.340 e. The Morgan fingerprint density at radius 2 is 1.80 bits per heavy atom. The van der Waals surface area contributed by atoms with Crippen LogP contribution in [0, 0.1) is 6.92 Å². The van der Waals surface area contributed by atoms with Crippen molar-refractivity contribution >= 4 is 16.9 Å². The highest BCUT2D eigenvalue weighted by atomic mass is 16.5. The number of nitrogens with one attached hydrogen (secondary N) is 2. The summed E-state index contributed by atoms with van der Waals surface area (Å²) in [4.78, 5) is 15.0. The normalized spacial score (nSPS) is 11.7. The number of nitrogens with zero attached hydrogens (tertiary/aromatic N) is 1. The number of benzene rings is 1. The highest BCUT2D eigenvalue weighted by Gasteiger charge is 2.27. The molecule has 0 aliphatic heterocycles. The van der Waals surface area contributed by atoms with Crippen LogP contribution >= 0.6 is 0 Å². The van der Waals surface area contributed by atoms with E-state index < -0.39 is 0 Å². The van der Waals surface area contributed by atoms with Crippen LogP contribution in [0.5, 0.6) is 5.75 Å². The van der Waals surface area contributed by atoms with E-state index >= 15 is 0 Å². The van der Waals surface area contributed by atoms with Gasteiger partial charge in [0.05, 0.1) is 57.0 Å². The molecule has 1 heterocycles. The summed E-state index contributed by atoms with van der Waals surface area (Å²) in [7, 11) is 10.1. The van der Waals surface area contributed by atoms with E-state index in [-0.39, 0.29) is 5.97 Å². The number of aromatic hydroxyl groups is 1. The van der Waals surface area contributed by atoms with E-state index in [2.05, 4.69) is 14.1 Å². The lowest BCUT2D eigenvalue weighted by atomic mass is 9.99. The maximum atomic E-state index is 12.6. The Kier molecular flexibility index (Phi) is 5.75. The number of aromatic nitrogens is 1. The predicted octanol–water partition coefficient (Wildman–Crippen LogP) is -0.342. The van der Waals surface area contributed by atoms with Crippen molar-refractivity contribution in [1.82, 2.24) is 4.57 Å². The minimum Gasteiger partial charge on any atom is -0.507 e. The molecule has 0 atom stereocenters. The predicted molar refractivity (Wildman–Crippen MR) is 98.3 cm³/mol. The van der Waals surface area contributed by atoms with E-state index in [9.17, 15) is 9.90 Å². The molecule has 0 unspecified atom stereocenters. The van der Waals surface area contributed by atoms with Crippen LogP contribution in [0.4, 0.5) is 0 Å². The molecule has 0 saturated heterocycles. The van der Waals surface area contributed by atoms with Gasteiger partial charge < -0.3 is 24.2 Å². The maximum absolute atomic E-state index is 12.6. The molecule has 6 nitrogen and oxygen atoms in total. The number of fused-ring (bicyclic) bond motifs is 1. The fourth-order valence-electron chi connectivity index (χ4n) is 3.34. The van der Waals surface area contributed by atoms with Crippen molar-refractivity contribution in [2.45, 2.75) is 26.9 Å². The second kappa shape index (κ2) is 7.45. The molecule has 25 heavy (non-hydrogen) atoms. The third-order valence-corrected chi connectivity index (χ3v) is 4.49. The first-order valence-electron chi connectivity index (χ1n) is 8.76. The van der Waals surface area contributed by atoms with E-state index in [1.54, 1.807) is 6.92 Å². The van der Waals surface area contributed by atoms with Crippen molar-refractivity contribution in [1.29, 1.82) is 0 Å². The van der Waals surface area contributed by atoms with Crippen LogP contribution in [0.15, 0.2) is 6.07 Å². The zero-order chi connectivity index (χ0) is 18.9. The topological polar surface area (TPSA) is 60.3 Å². The zero-order valence-electron chi connectivity index (χ0n) is 16.4. The van der Waals surface area contributed by atoms with E-state index in [0.717, 1.165) is 34.3 Å². The quantitative estimate of drug-likeness (QED) is 0.625. The van der Waals surface area contributed by atoms with Gasteiger partial charge >= 0.3 is 5.97 Å². The third-order valence-electron chi connectivity index (χ3n) is 4.49. The van der Waals surface area contributed by atoms with Crippen LogP contribution < -0.4 is 9.80 Å². The Hall–Kier alpha value is -2.05. The standard InChI is InChI=1S/C19H29N3O3/c1-8-25-19(24)16-12(2)22(7)15-9-13(10-20(3)4)18(23)14(17(15)16)11-21(5)6/h9,23H,8,10-11H2,1-7H3/p+2. The van der Waals surface area contributed by atoms with Gasteiger partial charge in [0.25, 0.3) is 0 Å². The highest BCUT2D eigenvalue weighted by molar-refractivity contribution is 6.08.